The number of hydrogen-bond acceptors (Lipinski definition) is 4. The summed E-state index contributed by atoms with van der Waals surface area (Å²) in [6.07, 6.45) is 3.46. The summed E-state index contributed by atoms with van der Waals surface area (Å²) in [5, 5.41) is 9.32. The second kappa shape index (κ2) is 6.54. The van der Waals surface area contributed by atoms with Gasteiger partial charge in [0.2, 0.25) is 0 Å². The lowest BCUT2D eigenvalue weighted by Crippen LogP contribution is -1.99. The molecule has 0 spiro atoms. The summed E-state index contributed by atoms with van der Waals surface area (Å²) >= 11 is 3.36. The maximum absolute atomic E-state index is 9.32. The Balaban J connectivity index is 2.11. The number of aliphatic hydroxyl groups is 1. The van der Waals surface area contributed by atoms with Gasteiger partial charge in [-0.25, -0.2) is 0 Å². The van der Waals surface area contributed by atoms with E-state index in [0.29, 0.717) is 23.7 Å². The van der Waals surface area contributed by atoms with Crippen LogP contribution in [0.15, 0.2) is 41.1 Å². The molecule has 19 heavy (non-hydrogen) atoms. The number of ether oxygens (including phenoxy) is 2. The van der Waals surface area contributed by atoms with E-state index in [2.05, 4.69) is 20.9 Å². The molecule has 0 atom stereocenters. The van der Waals surface area contributed by atoms with E-state index in [1.807, 2.05) is 6.07 Å². The van der Waals surface area contributed by atoms with Crippen LogP contribution in [0.25, 0.3) is 0 Å². The summed E-state index contributed by atoms with van der Waals surface area (Å²) in [5.41, 5.74) is 1.65. The lowest BCUT2D eigenvalue weighted by molar-refractivity contribution is 0.258. The molecule has 1 heterocycles. The molecule has 2 aromatic rings. The molecule has 0 aliphatic carbocycles. The Labute approximate surface area is 120 Å². The van der Waals surface area contributed by atoms with Gasteiger partial charge in [0.25, 0.3) is 0 Å². The van der Waals surface area contributed by atoms with Gasteiger partial charge < -0.3 is 14.6 Å². The third-order valence-electron chi connectivity index (χ3n) is 2.59. The predicted molar refractivity (Wildman–Crippen MR) is 75.2 cm³/mol. The molecule has 1 N–H and O–H groups in total. The number of hydrogen-bond donors (Lipinski definition) is 1. The number of rotatable bonds is 5. The third kappa shape index (κ3) is 3.68. The van der Waals surface area contributed by atoms with Crippen molar-refractivity contribution in [2.75, 3.05) is 7.11 Å². The van der Waals surface area contributed by atoms with Crippen LogP contribution in [0.1, 0.15) is 11.1 Å². The third-order valence-corrected chi connectivity index (χ3v) is 3.03. The van der Waals surface area contributed by atoms with Gasteiger partial charge in [0, 0.05) is 28.0 Å². The first-order valence-corrected chi connectivity index (χ1v) is 6.52. The zero-order valence-corrected chi connectivity index (χ0v) is 12.1. The normalized spacial score (nSPS) is 10.3. The van der Waals surface area contributed by atoms with Gasteiger partial charge in [-0.1, -0.05) is 0 Å². The highest BCUT2D eigenvalue weighted by molar-refractivity contribution is 9.10. The van der Waals surface area contributed by atoms with E-state index < -0.39 is 0 Å². The van der Waals surface area contributed by atoms with Crippen LogP contribution in [0.2, 0.25) is 0 Å². The number of methoxy groups -OCH3 is 1. The fourth-order valence-electron chi connectivity index (χ4n) is 1.64. The molecular formula is C14H14BrNO3. The summed E-state index contributed by atoms with van der Waals surface area (Å²) in [4.78, 5) is 4.07. The molecule has 0 saturated heterocycles. The average Bonchev–Trinajstić information content (AvgIpc) is 2.45. The Hall–Kier alpha value is -1.59. The van der Waals surface area contributed by atoms with E-state index in [1.54, 1.807) is 37.7 Å². The fourth-order valence-corrected chi connectivity index (χ4v) is 2.06. The molecule has 0 unspecified atom stereocenters. The van der Waals surface area contributed by atoms with Gasteiger partial charge in [-0.2, -0.15) is 0 Å². The maximum atomic E-state index is 9.32. The molecule has 0 aliphatic heterocycles. The van der Waals surface area contributed by atoms with Crippen molar-refractivity contribution in [2.45, 2.75) is 13.2 Å². The zero-order valence-electron chi connectivity index (χ0n) is 10.5. The van der Waals surface area contributed by atoms with Gasteiger partial charge in [0.15, 0.2) is 0 Å². The van der Waals surface area contributed by atoms with Gasteiger partial charge in [0.05, 0.1) is 13.7 Å². The Morgan fingerprint density at radius 1 is 1.26 bits per heavy atom. The molecule has 0 fully saturated rings. The van der Waals surface area contributed by atoms with E-state index in [4.69, 9.17) is 9.47 Å². The number of pyridine rings is 1. The topological polar surface area (TPSA) is 51.6 Å². The van der Waals surface area contributed by atoms with Crippen molar-refractivity contribution in [2.24, 2.45) is 0 Å². The fraction of sp³-hybridized carbons (Fsp3) is 0.214. The van der Waals surface area contributed by atoms with Gasteiger partial charge in [-0.3, -0.25) is 4.98 Å². The Kier molecular flexibility index (Phi) is 4.76. The van der Waals surface area contributed by atoms with Crippen LogP contribution in [0.5, 0.6) is 11.5 Å². The molecule has 0 bridgehead atoms. The zero-order chi connectivity index (χ0) is 13.7. The van der Waals surface area contributed by atoms with Crippen LogP contribution in [0.4, 0.5) is 0 Å². The van der Waals surface area contributed by atoms with Crippen molar-refractivity contribution in [1.29, 1.82) is 0 Å². The molecule has 5 heteroatoms. The van der Waals surface area contributed by atoms with Gasteiger partial charge >= 0.3 is 0 Å². The minimum Gasteiger partial charge on any atom is -0.497 e. The minimum atomic E-state index is -0.0940. The molecule has 1 aromatic carbocycles. The van der Waals surface area contributed by atoms with Crippen molar-refractivity contribution in [1.82, 2.24) is 4.98 Å². The quantitative estimate of drug-likeness (QED) is 0.919. The molecule has 0 radical (unpaired) electrons. The van der Waals surface area contributed by atoms with Crippen LogP contribution in [-0.4, -0.2) is 17.2 Å². The molecule has 1 aromatic heterocycles. The molecule has 2 rings (SSSR count). The number of nitrogens with zero attached hydrogens (tertiary/aromatic N) is 1. The van der Waals surface area contributed by atoms with E-state index in [1.165, 1.54) is 0 Å². The largest absolute Gasteiger partial charge is 0.497 e. The van der Waals surface area contributed by atoms with E-state index in [9.17, 15) is 5.11 Å². The standard InChI is InChI=1S/C14H14BrNO3/c1-18-13-2-3-14(11(5-13)8-17)19-9-10-4-12(15)7-16-6-10/h2-7,17H,8-9H2,1H3. The monoisotopic (exact) mass is 323 g/mol. The Morgan fingerprint density at radius 2 is 2.11 bits per heavy atom. The van der Waals surface area contributed by atoms with E-state index in [-0.39, 0.29) is 6.61 Å². The molecule has 100 valence electrons. The van der Waals surface area contributed by atoms with Gasteiger partial charge in [-0.05, 0) is 40.2 Å². The average molecular weight is 324 g/mol. The summed E-state index contributed by atoms with van der Waals surface area (Å²) in [6, 6.07) is 7.28. The number of benzene rings is 1. The van der Waals surface area contributed by atoms with Crippen molar-refractivity contribution in [3.63, 3.8) is 0 Å². The van der Waals surface area contributed by atoms with Crippen LogP contribution >= 0.6 is 15.9 Å². The second-order valence-electron chi connectivity index (χ2n) is 3.93. The summed E-state index contributed by atoms with van der Waals surface area (Å²) in [5.74, 6) is 1.34. The lowest BCUT2D eigenvalue weighted by Gasteiger charge is -2.11. The number of halogens is 1. The first-order chi connectivity index (χ1) is 9.22. The van der Waals surface area contributed by atoms with Crippen LogP contribution < -0.4 is 9.47 Å². The minimum absolute atomic E-state index is 0.0940. The second-order valence-corrected chi connectivity index (χ2v) is 4.85. The predicted octanol–water partition coefficient (Wildman–Crippen LogP) is 2.92. The molecule has 0 aliphatic rings. The van der Waals surface area contributed by atoms with Gasteiger partial charge in [0.1, 0.15) is 18.1 Å². The molecule has 4 nitrogen and oxygen atoms in total. The molecule has 0 saturated carbocycles. The first kappa shape index (κ1) is 13.8. The summed E-state index contributed by atoms with van der Waals surface area (Å²) < 4.78 is 11.7. The molecular weight excluding hydrogens is 310 g/mol. The van der Waals surface area contributed by atoms with Crippen molar-refractivity contribution >= 4 is 15.9 Å². The lowest BCUT2D eigenvalue weighted by atomic mass is 10.2. The van der Waals surface area contributed by atoms with Crippen molar-refractivity contribution in [3.8, 4) is 11.5 Å². The Morgan fingerprint density at radius 3 is 2.79 bits per heavy atom. The highest BCUT2D eigenvalue weighted by Crippen LogP contribution is 2.25. The Bertz CT molecular complexity index is 560. The number of aliphatic hydroxyl groups excluding tert-OH is 1. The SMILES string of the molecule is COc1ccc(OCc2cncc(Br)c2)c(CO)c1. The van der Waals surface area contributed by atoms with Crippen molar-refractivity contribution in [3.05, 3.63) is 52.3 Å². The smallest absolute Gasteiger partial charge is 0.125 e. The summed E-state index contributed by atoms with van der Waals surface area (Å²) in [6.45, 7) is 0.301. The molecule has 0 amide bonds. The van der Waals surface area contributed by atoms with E-state index >= 15 is 0 Å². The highest BCUT2D eigenvalue weighted by Gasteiger charge is 2.05. The summed E-state index contributed by atoms with van der Waals surface area (Å²) in [7, 11) is 1.59. The first-order valence-electron chi connectivity index (χ1n) is 5.73. The van der Waals surface area contributed by atoms with E-state index in [0.717, 1.165) is 10.0 Å². The van der Waals surface area contributed by atoms with Crippen LogP contribution in [0, 0.1) is 0 Å². The van der Waals surface area contributed by atoms with Crippen LogP contribution in [-0.2, 0) is 13.2 Å². The van der Waals surface area contributed by atoms with Gasteiger partial charge in [-0.15, -0.1) is 0 Å². The van der Waals surface area contributed by atoms with Crippen LogP contribution in [0.3, 0.4) is 0 Å². The highest BCUT2D eigenvalue weighted by atomic mass is 79.9. The maximum Gasteiger partial charge on any atom is 0.125 e. The number of aromatic nitrogens is 1. The van der Waals surface area contributed by atoms with Crippen molar-refractivity contribution < 1.29 is 14.6 Å².